The summed E-state index contributed by atoms with van der Waals surface area (Å²) in [4.78, 5) is 6.90. The van der Waals surface area contributed by atoms with E-state index in [0.29, 0.717) is 0 Å². The Bertz CT molecular complexity index is 772. The van der Waals surface area contributed by atoms with Gasteiger partial charge in [-0.2, -0.15) is 0 Å². The highest BCUT2D eigenvalue weighted by Crippen LogP contribution is 2.22. The highest BCUT2D eigenvalue weighted by atomic mass is 15.1. The number of benzene rings is 1. The van der Waals surface area contributed by atoms with Crippen molar-refractivity contribution in [1.29, 1.82) is 0 Å². The van der Waals surface area contributed by atoms with E-state index in [4.69, 9.17) is 0 Å². The summed E-state index contributed by atoms with van der Waals surface area (Å²) >= 11 is 0. The van der Waals surface area contributed by atoms with E-state index in [-0.39, 0.29) is 0 Å². The zero-order chi connectivity index (χ0) is 16.2. The van der Waals surface area contributed by atoms with Gasteiger partial charge in [0.15, 0.2) is 0 Å². The van der Waals surface area contributed by atoms with Gasteiger partial charge in [-0.05, 0) is 50.6 Å². The van der Waals surface area contributed by atoms with Crippen LogP contribution >= 0.6 is 0 Å². The lowest BCUT2D eigenvalue weighted by Gasteiger charge is -2.11. The fourth-order valence-electron chi connectivity index (χ4n) is 3.19. The maximum atomic E-state index is 4.69. The van der Waals surface area contributed by atoms with E-state index >= 15 is 0 Å². The number of hydrogen-bond donors (Lipinski definition) is 0. The van der Waals surface area contributed by atoms with Crippen LogP contribution in [0, 0.1) is 0 Å². The van der Waals surface area contributed by atoms with Crippen LogP contribution in [0.3, 0.4) is 0 Å². The van der Waals surface area contributed by atoms with Gasteiger partial charge in [0.05, 0.1) is 11.2 Å². The van der Waals surface area contributed by atoms with E-state index in [2.05, 4.69) is 77.9 Å². The van der Waals surface area contributed by atoms with E-state index in [9.17, 15) is 0 Å². The average molecular weight is 307 g/mol. The van der Waals surface area contributed by atoms with Crippen molar-refractivity contribution in [2.75, 3.05) is 14.1 Å². The predicted octanol–water partition coefficient (Wildman–Crippen LogP) is 3.74. The number of aromatic nitrogens is 2. The highest BCUT2D eigenvalue weighted by Gasteiger charge is 2.13. The number of hydrogen-bond acceptors (Lipinski definition) is 2. The quantitative estimate of drug-likeness (QED) is 0.691. The summed E-state index contributed by atoms with van der Waals surface area (Å²) in [5.41, 5.74) is 6.62. The Hall–Kier alpha value is -2.13. The van der Waals surface area contributed by atoms with Crippen molar-refractivity contribution in [1.82, 2.24) is 14.3 Å². The van der Waals surface area contributed by atoms with Crippen LogP contribution in [0.1, 0.15) is 29.4 Å². The van der Waals surface area contributed by atoms with E-state index < -0.39 is 0 Å². The largest absolute Gasteiger partial charge is 0.316 e. The zero-order valence-corrected chi connectivity index (χ0v) is 14.3. The normalized spacial score (nSPS) is 11.5. The Kier molecular flexibility index (Phi) is 4.77. The van der Waals surface area contributed by atoms with Gasteiger partial charge in [-0.15, -0.1) is 0 Å². The summed E-state index contributed by atoms with van der Waals surface area (Å²) < 4.78 is 2.33. The molecule has 0 spiro atoms. The topological polar surface area (TPSA) is 20.5 Å². The standard InChI is InChI=1S/C20H25N3/c1-4-17-14-18(15-22(2)3)23-13-12-21-19(20(17)23)11-10-16-8-6-5-7-9-16/h5-9,12-14H,4,10-11,15H2,1-3H3. The molecule has 23 heavy (non-hydrogen) atoms. The van der Waals surface area contributed by atoms with Crippen LogP contribution in [-0.4, -0.2) is 28.4 Å². The van der Waals surface area contributed by atoms with E-state index in [1.54, 1.807) is 0 Å². The molecule has 3 rings (SSSR count). The third kappa shape index (κ3) is 3.45. The summed E-state index contributed by atoms with van der Waals surface area (Å²) in [7, 11) is 4.23. The van der Waals surface area contributed by atoms with Crippen molar-refractivity contribution in [3.8, 4) is 0 Å². The highest BCUT2D eigenvalue weighted by molar-refractivity contribution is 5.61. The Morgan fingerprint density at radius 1 is 1.09 bits per heavy atom. The SMILES string of the molecule is CCc1cc(CN(C)C)n2ccnc(CCc3ccccc3)c12. The minimum atomic E-state index is 0.948. The van der Waals surface area contributed by atoms with E-state index in [1.807, 2.05) is 6.20 Å². The van der Waals surface area contributed by atoms with Crippen molar-refractivity contribution in [2.45, 2.75) is 32.7 Å². The van der Waals surface area contributed by atoms with Crippen LogP contribution in [0.2, 0.25) is 0 Å². The number of rotatable bonds is 6. The van der Waals surface area contributed by atoms with Gasteiger partial charge in [0.1, 0.15) is 0 Å². The van der Waals surface area contributed by atoms with E-state index in [0.717, 1.165) is 25.8 Å². The molecule has 3 nitrogen and oxygen atoms in total. The average Bonchev–Trinajstić information content (AvgIpc) is 2.92. The van der Waals surface area contributed by atoms with Crippen molar-refractivity contribution in [2.24, 2.45) is 0 Å². The molecule has 0 radical (unpaired) electrons. The van der Waals surface area contributed by atoms with Gasteiger partial charge in [-0.1, -0.05) is 37.3 Å². The summed E-state index contributed by atoms with van der Waals surface area (Å²) in [6.07, 6.45) is 7.09. The predicted molar refractivity (Wildman–Crippen MR) is 95.8 cm³/mol. The van der Waals surface area contributed by atoms with Crippen LogP contribution in [0.5, 0.6) is 0 Å². The molecule has 0 N–H and O–H groups in total. The molecule has 2 aromatic heterocycles. The third-order valence-corrected chi connectivity index (χ3v) is 4.27. The molecule has 0 fully saturated rings. The summed E-state index contributed by atoms with van der Waals surface area (Å²) in [5, 5.41) is 0. The third-order valence-electron chi connectivity index (χ3n) is 4.27. The van der Waals surface area contributed by atoms with Crippen LogP contribution in [0.25, 0.3) is 5.52 Å². The second-order valence-corrected chi connectivity index (χ2v) is 6.33. The number of aryl methyl sites for hydroxylation is 3. The molecule has 0 amide bonds. The lowest BCUT2D eigenvalue weighted by atomic mass is 10.1. The van der Waals surface area contributed by atoms with Gasteiger partial charge in [0, 0.05) is 24.6 Å². The second-order valence-electron chi connectivity index (χ2n) is 6.33. The van der Waals surface area contributed by atoms with Crippen molar-refractivity contribution in [3.05, 3.63) is 71.3 Å². The van der Waals surface area contributed by atoms with Crippen LogP contribution in [-0.2, 0) is 25.8 Å². The first kappa shape index (κ1) is 15.8. The smallest absolute Gasteiger partial charge is 0.0702 e. The molecule has 2 heterocycles. The molecule has 0 atom stereocenters. The van der Waals surface area contributed by atoms with Crippen molar-refractivity contribution >= 4 is 5.52 Å². The molecule has 0 saturated heterocycles. The lowest BCUT2D eigenvalue weighted by Crippen LogP contribution is -2.12. The Morgan fingerprint density at radius 2 is 1.87 bits per heavy atom. The van der Waals surface area contributed by atoms with Gasteiger partial charge in [-0.25, -0.2) is 0 Å². The first-order valence-electron chi connectivity index (χ1n) is 8.34. The van der Waals surface area contributed by atoms with Crippen LogP contribution in [0.15, 0.2) is 48.8 Å². The summed E-state index contributed by atoms with van der Waals surface area (Å²) in [5.74, 6) is 0. The molecule has 0 bridgehead atoms. The molecular weight excluding hydrogens is 282 g/mol. The maximum absolute atomic E-state index is 4.69. The molecule has 1 aromatic carbocycles. The minimum absolute atomic E-state index is 0.948. The molecule has 0 saturated carbocycles. The Labute approximate surface area is 138 Å². The van der Waals surface area contributed by atoms with Crippen molar-refractivity contribution < 1.29 is 0 Å². The van der Waals surface area contributed by atoms with Gasteiger partial charge in [-0.3, -0.25) is 4.98 Å². The van der Waals surface area contributed by atoms with Gasteiger partial charge in [0.2, 0.25) is 0 Å². The van der Waals surface area contributed by atoms with E-state index in [1.165, 1.54) is 28.0 Å². The summed E-state index contributed by atoms with van der Waals surface area (Å²) in [6, 6.07) is 13.0. The van der Waals surface area contributed by atoms with Gasteiger partial charge >= 0.3 is 0 Å². The van der Waals surface area contributed by atoms with Gasteiger partial charge in [0.25, 0.3) is 0 Å². The first-order chi connectivity index (χ1) is 11.2. The molecule has 0 aliphatic rings. The Morgan fingerprint density at radius 3 is 2.57 bits per heavy atom. The number of nitrogens with zero attached hydrogens (tertiary/aromatic N) is 3. The summed E-state index contributed by atoms with van der Waals surface area (Å²) in [6.45, 7) is 3.17. The molecule has 0 aliphatic carbocycles. The lowest BCUT2D eigenvalue weighted by molar-refractivity contribution is 0.395. The fraction of sp³-hybridized carbons (Fsp3) is 0.350. The molecule has 3 aromatic rings. The van der Waals surface area contributed by atoms with Gasteiger partial charge < -0.3 is 9.30 Å². The van der Waals surface area contributed by atoms with Crippen LogP contribution in [0.4, 0.5) is 0 Å². The first-order valence-corrected chi connectivity index (χ1v) is 8.34. The number of fused-ring (bicyclic) bond motifs is 1. The maximum Gasteiger partial charge on any atom is 0.0702 e. The van der Waals surface area contributed by atoms with Crippen molar-refractivity contribution in [3.63, 3.8) is 0 Å². The molecular formula is C20H25N3. The molecule has 120 valence electrons. The zero-order valence-electron chi connectivity index (χ0n) is 14.3. The van der Waals surface area contributed by atoms with Crippen LogP contribution < -0.4 is 0 Å². The Balaban J connectivity index is 1.95. The second kappa shape index (κ2) is 6.97. The fourth-order valence-corrected chi connectivity index (χ4v) is 3.19. The molecule has 3 heteroatoms. The monoisotopic (exact) mass is 307 g/mol. The molecule has 0 aliphatic heterocycles. The molecule has 0 unspecified atom stereocenters. The minimum Gasteiger partial charge on any atom is -0.316 e.